The average molecular weight is 394 g/mol. The Morgan fingerprint density at radius 2 is 1.19 bits per heavy atom. The summed E-state index contributed by atoms with van der Waals surface area (Å²) in [4.78, 5) is 0. The lowest BCUT2D eigenvalue weighted by atomic mass is 10.0. The molecule has 0 unspecified atom stereocenters. The van der Waals surface area contributed by atoms with Crippen LogP contribution in [-0.4, -0.2) is 0 Å². The van der Waals surface area contributed by atoms with Crippen molar-refractivity contribution in [2.24, 2.45) is 0 Å². The van der Waals surface area contributed by atoms with Gasteiger partial charge in [-0.25, -0.2) is 0 Å². The topological polar surface area (TPSA) is 13.1 Å². The van der Waals surface area contributed by atoms with Crippen molar-refractivity contribution in [3.05, 3.63) is 120 Å². The maximum Gasteiger partial charge on any atom is 0.135 e. The molecule has 0 aliphatic carbocycles. The summed E-state index contributed by atoms with van der Waals surface area (Å²) < 4.78 is 5.95. The van der Waals surface area contributed by atoms with Crippen molar-refractivity contribution in [1.29, 1.82) is 0 Å². The molecule has 0 saturated heterocycles. The van der Waals surface area contributed by atoms with Gasteiger partial charge in [0.05, 0.1) is 0 Å². The van der Waals surface area contributed by atoms with Crippen molar-refractivity contribution in [2.75, 3.05) is 0 Å². The first-order chi connectivity index (χ1) is 15.3. The fraction of sp³-hybridized carbons (Fsp3) is 0. The molecular weight excluding hydrogens is 376 g/mol. The minimum atomic E-state index is 0.919. The molecule has 0 radical (unpaired) electrons. The molecule has 0 aliphatic heterocycles. The van der Waals surface area contributed by atoms with Crippen molar-refractivity contribution < 1.29 is 4.42 Å². The maximum absolute atomic E-state index is 5.95. The molecule has 0 fully saturated rings. The number of rotatable bonds is 1. The van der Waals surface area contributed by atoms with Crippen molar-refractivity contribution in [1.82, 2.24) is 0 Å². The van der Waals surface area contributed by atoms with Gasteiger partial charge in [0.15, 0.2) is 0 Å². The molecule has 31 heavy (non-hydrogen) atoms. The zero-order valence-electron chi connectivity index (χ0n) is 16.8. The van der Waals surface area contributed by atoms with E-state index in [1.165, 1.54) is 21.9 Å². The summed E-state index contributed by atoms with van der Waals surface area (Å²) in [5, 5.41) is 4.70. The van der Waals surface area contributed by atoms with Gasteiger partial charge in [0.25, 0.3) is 0 Å². The summed E-state index contributed by atoms with van der Waals surface area (Å²) in [7, 11) is 0. The molecule has 0 bridgehead atoms. The zero-order chi connectivity index (χ0) is 20.6. The van der Waals surface area contributed by atoms with Crippen LogP contribution in [0.25, 0.3) is 43.8 Å². The number of fused-ring (bicyclic) bond motifs is 4. The fourth-order valence-electron chi connectivity index (χ4n) is 4.13. The number of hydrogen-bond donors (Lipinski definition) is 0. The molecule has 0 aliphatic rings. The highest BCUT2D eigenvalue weighted by Gasteiger charge is 2.08. The van der Waals surface area contributed by atoms with E-state index in [1.54, 1.807) is 0 Å². The Labute approximate surface area is 180 Å². The van der Waals surface area contributed by atoms with Gasteiger partial charge in [-0.05, 0) is 58.3 Å². The van der Waals surface area contributed by atoms with E-state index in [1.807, 2.05) is 18.2 Å². The summed E-state index contributed by atoms with van der Waals surface area (Å²) in [6.45, 7) is 0. The zero-order valence-corrected chi connectivity index (χ0v) is 16.8. The largest absolute Gasteiger partial charge is 0.456 e. The second-order valence-corrected chi connectivity index (χ2v) is 7.66. The molecule has 1 aromatic heterocycles. The number of para-hydroxylation sites is 1. The first-order valence-electron chi connectivity index (χ1n) is 10.4. The standard InChI is InChI=1S/C30H18O/c1-2-9-26-23(6-1)7-5-8-24(26)17-14-21-12-15-22(16-13-21)25-18-19-30-28(20-25)27-10-3-4-11-29(27)31-30/h1-13,15-16,18-20H. The summed E-state index contributed by atoms with van der Waals surface area (Å²) in [6, 6.07) is 37.6. The van der Waals surface area contributed by atoms with E-state index >= 15 is 0 Å². The quantitative estimate of drug-likeness (QED) is 0.259. The molecule has 0 saturated carbocycles. The lowest BCUT2D eigenvalue weighted by Gasteiger charge is -2.02. The second-order valence-electron chi connectivity index (χ2n) is 7.66. The minimum Gasteiger partial charge on any atom is -0.456 e. The van der Waals surface area contributed by atoms with Crippen molar-refractivity contribution in [3.8, 4) is 23.0 Å². The van der Waals surface area contributed by atoms with Crippen molar-refractivity contribution in [2.45, 2.75) is 0 Å². The van der Waals surface area contributed by atoms with Crippen LogP contribution in [0.4, 0.5) is 0 Å². The smallest absolute Gasteiger partial charge is 0.135 e. The van der Waals surface area contributed by atoms with Crippen LogP contribution in [-0.2, 0) is 0 Å². The van der Waals surface area contributed by atoms with Crippen molar-refractivity contribution in [3.63, 3.8) is 0 Å². The molecule has 1 heteroatoms. The van der Waals surface area contributed by atoms with Crippen molar-refractivity contribution >= 4 is 32.7 Å². The molecule has 0 spiro atoms. The molecule has 0 amide bonds. The molecule has 6 rings (SSSR count). The first-order valence-corrected chi connectivity index (χ1v) is 10.4. The average Bonchev–Trinajstić information content (AvgIpc) is 3.21. The second kappa shape index (κ2) is 7.20. The Morgan fingerprint density at radius 1 is 0.484 bits per heavy atom. The first kappa shape index (κ1) is 17.6. The molecule has 5 aromatic carbocycles. The molecule has 0 atom stereocenters. The molecule has 144 valence electrons. The Bertz CT molecular complexity index is 1620. The van der Waals surface area contributed by atoms with Crippen LogP contribution in [0.5, 0.6) is 0 Å². The lowest BCUT2D eigenvalue weighted by molar-refractivity contribution is 0.669. The molecule has 1 nitrogen and oxygen atoms in total. The molecule has 0 N–H and O–H groups in total. The highest BCUT2D eigenvalue weighted by atomic mass is 16.3. The van der Waals surface area contributed by atoms with Crippen LogP contribution in [0.1, 0.15) is 11.1 Å². The normalized spacial score (nSPS) is 11.0. The summed E-state index contributed by atoms with van der Waals surface area (Å²) in [5.41, 5.74) is 6.25. The predicted octanol–water partition coefficient (Wildman–Crippen LogP) is 7.81. The van der Waals surface area contributed by atoms with Crippen LogP contribution in [0.3, 0.4) is 0 Å². The molecular formula is C30H18O. The fourth-order valence-corrected chi connectivity index (χ4v) is 4.13. The van der Waals surface area contributed by atoms with Crippen LogP contribution in [0, 0.1) is 11.8 Å². The van der Waals surface area contributed by atoms with Gasteiger partial charge in [0.1, 0.15) is 11.2 Å². The van der Waals surface area contributed by atoms with E-state index in [0.29, 0.717) is 0 Å². The maximum atomic E-state index is 5.95. The van der Waals surface area contributed by atoms with Gasteiger partial charge in [-0.1, -0.05) is 84.6 Å². The van der Waals surface area contributed by atoms with E-state index in [9.17, 15) is 0 Å². The van der Waals surface area contributed by atoms with Gasteiger partial charge in [-0.15, -0.1) is 0 Å². The summed E-state index contributed by atoms with van der Waals surface area (Å²) in [5.74, 6) is 6.66. The highest BCUT2D eigenvalue weighted by molar-refractivity contribution is 6.06. The highest BCUT2D eigenvalue weighted by Crippen LogP contribution is 2.32. The van der Waals surface area contributed by atoms with E-state index < -0.39 is 0 Å². The van der Waals surface area contributed by atoms with Gasteiger partial charge < -0.3 is 4.42 Å². The van der Waals surface area contributed by atoms with Gasteiger partial charge in [0, 0.05) is 21.9 Å². The van der Waals surface area contributed by atoms with Gasteiger partial charge in [-0.2, -0.15) is 0 Å². The van der Waals surface area contributed by atoms with E-state index in [4.69, 9.17) is 4.42 Å². The van der Waals surface area contributed by atoms with Crippen LogP contribution in [0.2, 0.25) is 0 Å². The molecule has 1 heterocycles. The van der Waals surface area contributed by atoms with Crippen LogP contribution in [0.15, 0.2) is 114 Å². The van der Waals surface area contributed by atoms with Crippen LogP contribution < -0.4 is 0 Å². The third-order valence-corrected chi connectivity index (χ3v) is 5.73. The Balaban J connectivity index is 1.34. The lowest BCUT2D eigenvalue weighted by Crippen LogP contribution is -1.81. The van der Waals surface area contributed by atoms with Crippen LogP contribution >= 0.6 is 0 Å². The Morgan fingerprint density at radius 3 is 2.10 bits per heavy atom. The summed E-state index contributed by atoms with van der Waals surface area (Å²) in [6.07, 6.45) is 0. The third-order valence-electron chi connectivity index (χ3n) is 5.73. The van der Waals surface area contributed by atoms with Gasteiger partial charge in [-0.3, -0.25) is 0 Å². The van der Waals surface area contributed by atoms with E-state index in [2.05, 4.69) is 103 Å². The Hall–Kier alpha value is -4.28. The number of furan rings is 1. The number of benzene rings is 5. The van der Waals surface area contributed by atoms with E-state index in [-0.39, 0.29) is 0 Å². The van der Waals surface area contributed by atoms with Gasteiger partial charge in [0.2, 0.25) is 0 Å². The monoisotopic (exact) mass is 394 g/mol. The molecule has 6 aromatic rings. The van der Waals surface area contributed by atoms with E-state index in [0.717, 1.165) is 33.1 Å². The summed E-state index contributed by atoms with van der Waals surface area (Å²) >= 11 is 0. The minimum absolute atomic E-state index is 0.919. The third kappa shape index (κ3) is 3.16. The Kier molecular flexibility index (Phi) is 4.08. The predicted molar refractivity (Wildman–Crippen MR) is 129 cm³/mol. The van der Waals surface area contributed by atoms with Gasteiger partial charge >= 0.3 is 0 Å². The SMILES string of the molecule is C(#Cc1cccc2ccccc12)c1ccc(-c2ccc3oc4ccccc4c3c2)cc1. The number of hydrogen-bond acceptors (Lipinski definition) is 1.